The van der Waals surface area contributed by atoms with Gasteiger partial charge in [0.25, 0.3) is 17.7 Å². The number of methoxy groups -OCH3 is 2. The molecule has 0 saturated heterocycles. The number of carbonyl (C=O) groups is 3. The van der Waals surface area contributed by atoms with Crippen LogP contribution in [0.1, 0.15) is 22.8 Å². The zero-order chi connectivity index (χ0) is 25.8. The van der Waals surface area contributed by atoms with Crippen LogP contribution in [0.15, 0.2) is 77.5 Å². The molecule has 0 bridgehead atoms. The standard InChI is InChI=1S/C27H24ClN3O5/c1-4-16-5-9-19(10-6-16)30-25(32)17-7-11-18(12-8-17)29-24-23(28)26(33)31(27(24)34)21-14-13-20(35-2)15-22(21)36-3/h5-15,29H,4H2,1-3H3,(H,30,32). The number of anilines is 3. The van der Waals surface area contributed by atoms with Crippen LogP contribution < -0.4 is 25.0 Å². The number of amides is 3. The van der Waals surface area contributed by atoms with E-state index in [1.54, 1.807) is 42.5 Å². The minimum atomic E-state index is -0.683. The summed E-state index contributed by atoms with van der Waals surface area (Å²) in [4.78, 5) is 39.5. The van der Waals surface area contributed by atoms with E-state index in [-0.39, 0.29) is 28.1 Å². The van der Waals surface area contributed by atoms with Gasteiger partial charge in [-0.15, -0.1) is 0 Å². The van der Waals surface area contributed by atoms with Crippen molar-refractivity contribution in [3.8, 4) is 11.5 Å². The van der Waals surface area contributed by atoms with Gasteiger partial charge in [-0.25, -0.2) is 4.90 Å². The summed E-state index contributed by atoms with van der Waals surface area (Å²) in [6.07, 6.45) is 0.919. The highest BCUT2D eigenvalue weighted by Gasteiger charge is 2.40. The van der Waals surface area contributed by atoms with E-state index in [1.165, 1.54) is 19.8 Å². The monoisotopic (exact) mass is 505 g/mol. The van der Waals surface area contributed by atoms with E-state index in [9.17, 15) is 14.4 Å². The van der Waals surface area contributed by atoms with E-state index in [0.29, 0.717) is 22.7 Å². The molecule has 184 valence electrons. The fraction of sp³-hybridized carbons (Fsp3) is 0.148. The smallest absolute Gasteiger partial charge is 0.283 e. The van der Waals surface area contributed by atoms with Gasteiger partial charge in [-0.1, -0.05) is 30.7 Å². The summed E-state index contributed by atoms with van der Waals surface area (Å²) in [5, 5.41) is 5.49. The molecule has 36 heavy (non-hydrogen) atoms. The molecule has 2 N–H and O–H groups in total. The zero-order valence-corrected chi connectivity index (χ0v) is 20.7. The quantitative estimate of drug-likeness (QED) is 0.420. The molecule has 8 nitrogen and oxygen atoms in total. The predicted molar refractivity (Wildman–Crippen MR) is 139 cm³/mol. The minimum absolute atomic E-state index is 0.0762. The number of benzene rings is 3. The lowest BCUT2D eigenvalue weighted by atomic mass is 10.1. The number of aryl methyl sites for hydroxylation is 1. The van der Waals surface area contributed by atoms with Gasteiger partial charge in [0.2, 0.25) is 0 Å². The SMILES string of the molecule is CCc1ccc(NC(=O)c2ccc(NC3=C(Cl)C(=O)N(c4ccc(OC)cc4OC)C3=O)cc2)cc1. The molecular weight excluding hydrogens is 482 g/mol. The van der Waals surface area contributed by atoms with Crippen molar-refractivity contribution in [2.75, 3.05) is 29.8 Å². The van der Waals surface area contributed by atoms with Crippen molar-refractivity contribution in [2.45, 2.75) is 13.3 Å². The lowest BCUT2D eigenvalue weighted by Crippen LogP contribution is -2.32. The van der Waals surface area contributed by atoms with Crippen LogP contribution in [-0.2, 0) is 16.0 Å². The lowest BCUT2D eigenvalue weighted by Gasteiger charge is -2.18. The van der Waals surface area contributed by atoms with Crippen molar-refractivity contribution in [1.29, 1.82) is 0 Å². The fourth-order valence-corrected chi connectivity index (χ4v) is 3.89. The van der Waals surface area contributed by atoms with Crippen molar-refractivity contribution < 1.29 is 23.9 Å². The van der Waals surface area contributed by atoms with Crippen LogP contribution in [-0.4, -0.2) is 31.9 Å². The topological polar surface area (TPSA) is 97.0 Å². The number of nitrogens with zero attached hydrogens (tertiary/aromatic N) is 1. The Morgan fingerprint density at radius 3 is 2.17 bits per heavy atom. The number of hydrogen-bond donors (Lipinski definition) is 2. The molecule has 9 heteroatoms. The molecule has 1 aliphatic rings. The summed E-state index contributed by atoms with van der Waals surface area (Å²) in [6.45, 7) is 2.06. The molecule has 0 aromatic heterocycles. The van der Waals surface area contributed by atoms with Crippen LogP contribution >= 0.6 is 11.6 Å². The molecule has 3 amide bonds. The molecule has 0 fully saturated rings. The number of ether oxygens (including phenoxy) is 2. The molecule has 0 aliphatic carbocycles. The summed E-state index contributed by atoms with van der Waals surface area (Å²) in [6, 6.07) is 18.8. The maximum Gasteiger partial charge on any atom is 0.283 e. The second-order valence-corrected chi connectivity index (χ2v) is 8.26. The molecule has 0 radical (unpaired) electrons. The number of imide groups is 1. The number of nitrogens with one attached hydrogen (secondary N) is 2. The summed E-state index contributed by atoms with van der Waals surface area (Å²) in [5.41, 5.74) is 2.95. The van der Waals surface area contributed by atoms with Crippen LogP contribution in [0.5, 0.6) is 11.5 Å². The second-order valence-electron chi connectivity index (χ2n) is 7.88. The first-order chi connectivity index (χ1) is 17.4. The number of hydrogen-bond acceptors (Lipinski definition) is 6. The number of halogens is 1. The van der Waals surface area contributed by atoms with Crippen molar-refractivity contribution in [3.63, 3.8) is 0 Å². The van der Waals surface area contributed by atoms with Crippen LogP contribution in [0.3, 0.4) is 0 Å². The first kappa shape index (κ1) is 24.8. The van der Waals surface area contributed by atoms with Crippen molar-refractivity contribution in [3.05, 3.63) is 88.6 Å². The molecular formula is C27H24ClN3O5. The Morgan fingerprint density at radius 1 is 0.889 bits per heavy atom. The van der Waals surface area contributed by atoms with Crippen molar-refractivity contribution in [1.82, 2.24) is 0 Å². The Hall–Kier alpha value is -4.30. The normalized spacial score (nSPS) is 13.2. The van der Waals surface area contributed by atoms with Crippen molar-refractivity contribution >= 4 is 46.4 Å². The predicted octanol–water partition coefficient (Wildman–Crippen LogP) is 4.95. The van der Waals surface area contributed by atoms with E-state index < -0.39 is 11.8 Å². The maximum atomic E-state index is 13.1. The van der Waals surface area contributed by atoms with Gasteiger partial charge < -0.3 is 20.1 Å². The Balaban J connectivity index is 1.48. The Labute approximate surface area is 213 Å². The third-order valence-corrected chi connectivity index (χ3v) is 6.04. The highest BCUT2D eigenvalue weighted by molar-refractivity contribution is 6.53. The number of rotatable bonds is 8. The third kappa shape index (κ3) is 4.89. The average molecular weight is 506 g/mol. The summed E-state index contributed by atoms with van der Waals surface area (Å²) in [7, 11) is 2.93. The Kier molecular flexibility index (Phi) is 7.26. The molecule has 3 aromatic rings. The first-order valence-corrected chi connectivity index (χ1v) is 11.5. The van der Waals surface area contributed by atoms with Gasteiger partial charge in [-0.05, 0) is 60.5 Å². The fourth-order valence-electron chi connectivity index (χ4n) is 3.68. The molecule has 0 spiro atoms. The first-order valence-electron chi connectivity index (χ1n) is 11.1. The molecule has 1 aliphatic heterocycles. The van der Waals surface area contributed by atoms with Crippen LogP contribution in [0.4, 0.5) is 17.1 Å². The van der Waals surface area contributed by atoms with Crippen molar-refractivity contribution in [2.24, 2.45) is 0 Å². The molecule has 0 unspecified atom stereocenters. The third-order valence-electron chi connectivity index (χ3n) is 5.69. The van der Waals surface area contributed by atoms with E-state index in [4.69, 9.17) is 21.1 Å². The van der Waals surface area contributed by atoms with E-state index >= 15 is 0 Å². The van der Waals surface area contributed by atoms with Crippen LogP contribution in [0.2, 0.25) is 0 Å². The lowest BCUT2D eigenvalue weighted by molar-refractivity contribution is -0.120. The Bertz CT molecular complexity index is 1350. The molecule has 3 aromatic carbocycles. The van der Waals surface area contributed by atoms with E-state index in [1.807, 2.05) is 24.3 Å². The molecule has 0 atom stereocenters. The molecule has 1 heterocycles. The highest BCUT2D eigenvalue weighted by Crippen LogP contribution is 2.37. The second kappa shape index (κ2) is 10.5. The van der Waals surface area contributed by atoms with Gasteiger partial charge in [0.1, 0.15) is 22.2 Å². The molecule has 4 rings (SSSR count). The average Bonchev–Trinajstić information content (AvgIpc) is 3.11. The van der Waals surface area contributed by atoms with Gasteiger partial charge in [0.15, 0.2) is 0 Å². The van der Waals surface area contributed by atoms with Crippen LogP contribution in [0, 0.1) is 0 Å². The van der Waals surface area contributed by atoms with E-state index in [0.717, 1.165) is 11.3 Å². The van der Waals surface area contributed by atoms with Crippen LogP contribution in [0.25, 0.3) is 0 Å². The van der Waals surface area contributed by atoms with Gasteiger partial charge in [-0.3, -0.25) is 14.4 Å². The summed E-state index contributed by atoms with van der Waals surface area (Å²) >= 11 is 6.24. The van der Waals surface area contributed by atoms with E-state index in [2.05, 4.69) is 17.6 Å². The van der Waals surface area contributed by atoms with Gasteiger partial charge in [-0.2, -0.15) is 0 Å². The molecule has 0 saturated carbocycles. The highest BCUT2D eigenvalue weighted by atomic mass is 35.5. The van der Waals surface area contributed by atoms with Gasteiger partial charge >= 0.3 is 0 Å². The minimum Gasteiger partial charge on any atom is -0.497 e. The largest absolute Gasteiger partial charge is 0.497 e. The zero-order valence-electron chi connectivity index (χ0n) is 19.9. The Morgan fingerprint density at radius 2 is 1.56 bits per heavy atom. The number of carbonyl (C=O) groups excluding carboxylic acids is 3. The summed E-state index contributed by atoms with van der Waals surface area (Å²) < 4.78 is 10.5. The van der Waals surface area contributed by atoms with Gasteiger partial charge in [0, 0.05) is 23.0 Å². The summed E-state index contributed by atoms with van der Waals surface area (Å²) in [5.74, 6) is -0.799. The van der Waals surface area contributed by atoms with Gasteiger partial charge in [0.05, 0.1) is 19.9 Å². The maximum absolute atomic E-state index is 13.1.